The molecule has 0 amide bonds. The van der Waals surface area contributed by atoms with Crippen molar-refractivity contribution >= 4 is 12.6 Å². The van der Waals surface area contributed by atoms with Crippen LogP contribution in [0.1, 0.15) is 12.8 Å². The van der Waals surface area contributed by atoms with E-state index < -0.39 is 0 Å². The van der Waals surface area contributed by atoms with E-state index in [-0.39, 0.29) is 11.8 Å². The second kappa shape index (κ2) is 4.88. The Morgan fingerprint density at radius 3 is 1.88 bits per heavy atom. The Hall–Kier alpha value is -1.70. The number of rotatable bonds is 2. The molecular formula is C14H14O2. The van der Waals surface area contributed by atoms with E-state index in [9.17, 15) is 9.59 Å². The maximum absolute atomic E-state index is 10.9. The highest BCUT2D eigenvalue weighted by molar-refractivity contribution is 5.63. The van der Waals surface area contributed by atoms with Gasteiger partial charge in [-0.3, -0.25) is 0 Å². The summed E-state index contributed by atoms with van der Waals surface area (Å²) in [6.07, 6.45) is 15.2. The van der Waals surface area contributed by atoms with E-state index in [1.165, 1.54) is 0 Å². The number of carbonyl (C=O) groups excluding carboxylic acids is 2. The number of carbonyl (C=O) groups is 2. The summed E-state index contributed by atoms with van der Waals surface area (Å²) in [4.78, 5) is 21.8. The fourth-order valence-corrected chi connectivity index (χ4v) is 2.13. The van der Waals surface area contributed by atoms with Crippen LogP contribution in [0.25, 0.3) is 0 Å². The van der Waals surface area contributed by atoms with Gasteiger partial charge in [0.2, 0.25) is 0 Å². The van der Waals surface area contributed by atoms with Crippen LogP contribution in [-0.2, 0) is 9.59 Å². The summed E-state index contributed by atoms with van der Waals surface area (Å²) in [5, 5.41) is 0. The summed E-state index contributed by atoms with van der Waals surface area (Å²) in [6.45, 7) is 0. The minimum absolute atomic E-state index is 0.147. The van der Waals surface area contributed by atoms with Gasteiger partial charge < -0.3 is 9.59 Å². The van der Waals surface area contributed by atoms with E-state index in [0.29, 0.717) is 6.42 Å². The second-order valence-electron chi connectivity index (χ2n) is 4.21. The van der Waals surface area contributed by atoms with Crippen LogP contribution in [0.5, 0.6) is 0 Å². The van der Waals surface area contributed by atoms with Crippen molar-refractivity contribution in [2.24, 2.45) is 11.8 Å². The zero-order valence-electron chi connectivity index (χ0n) is 9.00. The molecule has 0 aromatic carbocycles. The third-order valence-electron chi connectivity index (χ3n) is 2.89. The molecule has 16 heavy (non-hydrogen) atoms. The minimum atomic E-state index is -0.147. The Bertz CT molecular complexity index is 372. The molecule has 2 heteroatoms. The molecule has 0 spiro atoms. The fraction of sp³-hybridized carbons (Fsp3) is 0.286. The smallest absolute Gasteiger partial charge is 0.126 e. The average molecular weight is 214 g/mol. The topological polar surface area (TPSA) is 34.1 Å². The van der Waals surface area contributed by atoms with E-state index in [4.69, 9.17) is 0 Å². The first-order chi connectivity index (χ1) is 7.81. The SMILES string of the molecule is O=C[C@@H]1C=C2C=CC=CC(=C[C@H](C=O)C1)C2. The molecule has 0 fully saturated rings. The van der Waals surface area contributed by atoms with E-state index in [1.54, 1.807) is 0 Å². The first kappa shape index (κ1) is 10.8. The predicted molar refractivity (Wildman–Crippen MR) is 62.8 cm³/mol. The van der Waals surface area contributed by atoms with Crippen molar-refractivity contribution in [3.05, 3.63) is 47.6 Å². The first-order valence-electron chi connectivity index (χ1n) is 5.48. The standard InChI is InChI=1S/C14H14O2/c15-9-13-6-11-3-1-2-4-12(5-11)7-14(8-13)10-16/h1-4,6-7,9-10,13-14H,5,8H2/t13-,14+. The van der Waals surface area contributed by atoms with Gasteiger partial charge in [-0.2, -0.15) is 0 Å². The molecule has 0 radical (unpaired) electrons. The summed E-state index contributed by atoms with van der Waals surface area (Å²) in [5.74, 6) is -0.295. The Kier molecular flexibility index (Phi) is 3.30. The van der Waals surface area contributed by atoms with Crippen molar-refractivity contribution < 1.29 is 9.59 Å². The third kappa shape index (κ3) is 2.45. The summed E-state index contributed by atoms with van der Waals surface area (Å²) in [5.41, 5.74) is 2.30. The Labute approximate surface area is 95.0 Å². The van der Waals surface area contributed by atoms with Crippen LogP contribution in [0.2, 0.25) is 0 Å². The van der Waals surface area contributed by atoms with Crippen molar-refractivity contribution in [2.75, 3.05) is 0 Å². The summed E-state index contributed by atoms with van der Waals surface area (Å²) in [7, 11) is 0. The zero-order valence-corrected chi connectivity index (χ0v) is 9.00. The molecule has 0 heterocycles. The van der Waals surface area contributed by atoms with Crippen molar-refractivity contribution in [2.45, 2.75) is 12.8 Å². The molecule has 0 saturated heterocycles. The first-order valence-corrected chi connectivity index (χ1v) is 5.48. The zero-order chi connectivity index (χ0) is 11.4. The van der Waals surface area contributed by atoms with Gasteiger partial charge in [0, 0.05) is 11.8 Å². The molecule has 0 aliphatic heterocycles. The molecule has 2 bridgehead atoms. The summed E-state index contributed by atoms with van der Waals surface area (Å²) >= 11 is 0. The lowest BCUT2D eigenvalue weighted by Gasteiger charge is -2.15. The van der Waals surface area contributed by atoms with Crippen LogP contribution >= 0.6 is 0 Å². The maximum atomic E-state index is 10.9. The van der Waals surface area contributed by atoms with Crippen LogP contribution in [0.4, 0.5) is 0 Å². The van der Waals surface area contributed by atoms with Gasteiger partial charge in [-0.05, 0) is 24.0 Å². The summed E-state index contributed by atoms with van der Waals surface area (Å²) < 4.78 is 0. The molecule has 2 atom stereocenters. The molecule has 2 rings (SSSR count). The quantitative estimate of drug-likeness (QED) is 0.661. The molecule has 2 aliphatic rings. The van der Waals surface area contributed by atoms with Gasteiger partial charge in [0.15, 0.2) is 0 Å². The van der Waals surface area contributed by atoms with Gasteiger partial charge in [0.05, 0.1) is 0 Å². The largest absolute Gasteiger partial charge is 0.303 e. The van der Waals surface area contributed by atoms with Crippen molar-refractivity contribution in [3.8, 4) is 0 Å². The van der Waals surface area contributed by atoms with Crippen LogP contribution < -0.4 is 0 Å². The van der Waals surface area contributed by atoms with Crippen molar-refractivity contribution in [1.82, 2.24) is 0 Å². The lowest BCUT2D eigenvalue weighted by Crippen LogP contribution is -2.11. The van der Waals surface area contributed by atoms with Gasteiger partial charge in [-0.25, -0.2) is 0 Å². The molecule has 0 saturated carbocycles. The van der Waals surface area contributed by atoms with E-state index >= 15 is 0 Å². The van der Waals surface area contributed by atoms with E-state index in [0.717, 1.165) is 30.1 Å². The normalized spacial score (nSPS) is 28.2. The van der Waals surface area contributed by atoms with Gasteiger partial charge in [-0.1, -0.05) is 36.5 Å². The number of allylic oxidation sites excluding steroid dienone is 8. The van der Waals surface area contributed by atoms with Crippen LogP contribution in [0, 0.1) is 11.8 Å². The van der Waals surface area contributed by atoms with Gasteiger partial charge in [0.1, 0.15) is 12.6 Å². The molecular weight excluding hydrogens is 200 g/mol. The van der Waals surface area contributed by atoms with Gasteiger partial charge in [-0.15, -0.1) is 0 Å². The predicted octanol–water partition coefficient (Wildman–Crippen LogP) is 2.39. The lowest BCUT2D eigenvalue weighted by atomic mass is 9.88. The number of hydrogen-bond donors (Lipinski definition) is 0. The van der Waals surface area contributed by atoms with Crippen LogP contribution in [0.15, 0.2) is 47.6 Å². The number of hydrogen-bond acceptors (Lipinski definition) is 2. The van der Waals surface area contributed by atoms with Gasteiger partial charge >= 0.3 is 0 Å². The Morgan fingerprint density at radius 1 is 0.938 bits per heavy atom. The highest BCUT2D eigenvalue weighted by atomic mass is 16.1. The van der Waals surface area contributed by atoms with E-state index in [2.05, 4.69) is 0 Å². The molecule has 0 aromatic heterocycles. The molecule has 0 N–H and O–H groups in total. The Balaban J connectivity index is 2.36. The molecule has 0 unspecified atom stereocenters. The van der Waals surface area contributed by atoms with Crippen LogP contribution in [0.3, 0.4) is 0 Å². The molecule has 82 valence electrons. The second-order valence-corrected chi connectivity index (χ2v) is 4.21. The van der Waals surface area contributed by atoms with Crippen molar-refractivity contribution in [3.63, 3.8) is 0 Å². The monoisotopic (exact) mass is 214 g/mol. The van der Waals surface area contributed by atoms with Crippen LogP contribution in [-0.4, -0.2) is 12.6 Å². The fourth-order valence-electron chi connectivity index (χ4n) is 2.13. The van der Waals surface area contributed by atoms with Gasteiger partial charge in [0.25, 0.3) is 0 Å². The Morgan fingerprint density at radius 2 is 1.44 bits per heavy atom. The number of aldehydes is 2. The average Bonchev–Trinajstić information content (AvgIpc) is 2.50. The van der Waals surface area contributed by atoms with E-state index in [1.807, 2.05) is 36.5 Å². The highest BCUT2D eigenvalue weighted by Gasteiger charge is 2.16. The molecule has 2 nitrogen and oxygen atoms in total. The number of fused-ring (bicyclic) bond motifs is 2. The van der Waals surface area contributed by atoms with Crippen molar-refractivity contribution in [1.29, 1.82) is 0 Å². The third-order valence-corrected chi connectivity index (χ3v) is 2.89. The summed E-state index contributed by atoms with van der Waals surface area (Å²) in [6, 6.07) is 0. The minimum Gasteiger partial charge on any atom is -0.303 e. The molecule has 2 aliphatic carbocycles. The maximum Gasteiger partial charge on any atom is 0.126 e. The lowest BCUT2D eigenvalue weighted by molar-refractivity contribution is -0.112. The molecule has 0 aromatic rings. The highest BCUT2D eigenvalue weighted by Crippen LogP contribution is 2.26.